The van der Waals surface area contributed by atoms with E-state index in [4.69, 9.17) is 21.1 Å². The van der Waals surface area contributed by atoms with Gasteiger partial charge >= 0.3 is 11.9 Å². The van der Waals surface area contributed by atoms with Gasteiger partial charge in [0.15, 0.2) is 0 Å². The molecule has 0 unspecified atom stereocenters. The smallest absolute Gasteiger partial charge is 0.334 e. The van der Waals surface area contributed by atoms with Gasteiger partial charge in [-0.15, -0.1) is 11.6 Å². The molecule has 0 aromatic carbocycles. The van der Waals surface area contributed by atoms with Crippen LogP contribution >= 0.6 is 11.6 Å². The molecular weight excluding hydrogens is 336 g/mol. The van der Waals surface area contributed by atoms with Crippen molar-refractivity contribution in [3.63, 3.8) is 0 Å². The number of hydrogen-bond donors (Lipinski definition) is 2. The van der Waals surface area contributed by atoms with Crippen LogP contribution in [-0.4, -0.2) is 51.4 Å². The highest BCUT2D eigenvalue weighted by Gasteiger charge is 2.63. The fourth-order valence-corrected chi connectivity index (χ4v) is 4.69. The van der Waals surface area contributed by atoms with Gasteiger partial charge in [0.1, 0.15) is 12.2 Å². The third-order valence-corrected chi connectivity index (χ3v) is 6.12. The van der Waals surface area contributed by atoms with Crippen LogP contribution in [0.2, 0.25) is 0 Å². The Labute approximate surface area is 145 Å². The summed E-state index contributed by atoms with van der Waals surface area (Å²) in [5.74, 6) is -2.26. The van der Waals surface area contributed by atoms with E-state index in [2.05, 4.69) is 13.2 Å². The molecule has 24 heavy (non-hydrogen) atoms. The summed E-state index contributed by atoms with van der Waals surface area (Å²) < 4.78 is 10.6. The normalized spacial score (nSPS) is 44.6. The van der Waals surface area contributed by atoms with Crippen molar-refractivity contribution in [1.82, 2.24) is 0 Å². The molecule has 0 radical (unpaired) electrons. The van der Waals surface area contributed by atoms with Crippen LogP contribution < -0.4 is 0 Å². The van der Waals surface area contributed by atoms with E-state index in [0.29, 0.717) is 5.57 Å². The predicted octanol–water partition coefficient (Wildman–Crippen LogP) is 1.09. The lowest BCUT2D eigenvalue weighted by atomic mass is 9.75. The quantitative estimate of drug-likeness (QED) is 0.333. The fourth-order valence-electron chi connectivity index (χ4n) is 4.39. The number of alkyl halides is 1. The zero-order chi connectivity index (χ0) is 17.9. The summed E-state index contributed by atoms with van der Waals surface area (Å²) in [4.78, 5) is 23.1. The van der Waals surface area contributed by atoms with Crippen molar-refractivity contribution in [3.05, 3.63) is 24.3 Å². The SMILES string of the molecule is C=C1C(=O)O[C@H]2C[C@@](O)(CCl)[C@@H]3C[C@H](OC(C)=O)C(=C)[C@]3(O)C[C@H]12. The van der Waals surface area contributed by atoms with Crippen LogP contribution in [0.15, 0.2) is 24.3 Å². The molecule has 0 spiro atoms. The lowest BCUT2D eigenvalue weighted by molar-refractivity contribution is -0.146. The largest absolute Gasteiger partial charge is 0.458 e. The monoisotopic (exact) mass is 356 g/mol. The van der Waals surface area contributed by atoms with Crippen LogP contribution in [0, 0.1) is 11.8 Å². The van der Waals surface area contributed by atoms with E-state index >= 15 is 0 Å². The van der Waals surface area contributed by atoms with Gasteiger partial charge in [-0.2, -0.15) is 0 Å². The summed E-state index contributed by atoms with van der Waals surface area (Å²) in [6, 6.07) is 0. The van der Waals surface area contributed by atoms with Crippen molar-refractivity contribution >= 4 is 23.5 Å². The Morgan fingerprint density at radius 3 is 2.67 bits per heavy atom. The van der Waals surface area contributed by atoms with E-state index in [0.717, 1.165) is 0 Å². The number of aliphatic hydroxyl groups is 2. The minimum atomic E-state index is -1.51. The van der Waals surface area contributed by atoms with Crippen LogP contribution in [0.1, 0.15) is 26.2 Å². The Balaban J connectivity index is 2.02. The van der Waals surface area contributed by atoms with Crippen molar-refractivity contribution in [2.24, 2.45) is 11.8 Å². The first-order chi connectivity index (χ1) is 11.1. The first-order valence-electron chi connectivity index (χ1n) is 7.89. The van der Waals surface area contributed by atoms with Crippen molar-refractivity contribution in [2.75, 3.05) is 5.88 Å². The molecule has 2 saturated carbocycles. The van der Waals surface area contributed by atoms with E-state index in [9.17, 15) is 19.8 Å². The van der Waals surface area contributed by atoms with Crippen molar-refractivity contribution in [3.8, 4) is 0 Å². The van der Waals surface area contributed by atoms with E-state index < -0.39 is 47.2 Å². The van der Waals surface area contributed by atoms with Crippen molar-refractivity contribution in [1.29, 1.82) is 0 Å². The van der Waals surface area contributed by atoms with Gasteiger partial charge < -0.3 is 19.7 Å². The average molecular weight is 357 g/mol. The Morgan fingerprint density at radius 1 is 1.42 bits per heavy atom. The molecule has 2 N–H and O–H groups in total. The second-order valence-corrected chi connectivity index (χ2v) is 7.32. The number of carbonyl (C=O) groups excluding carboxylic acids is 2. The van der Waals surface area contributed by atoms with Crippen LogP contribution in [0.3, 0.4) is 0 Å². The lowest BCUT2D eigenvalue weighted by Crippen LogP contribution is -2.50. The van der Waals surface area contributed by atoms with Gasteiger partial charge in [-0.25, -0.2) is 4.79 Å². The van der Waals surface area contributed by atoms with Gasteiger partial charge in [-0.3, -0.25) is 4.79 Å². The maximum absolute atomic E-state index is 11.8. The number of esters is 2. The third kappa shape index (κ3) is 2.39. The molecule has 2 aliphatic carbocycles. The predicted molar refractivity (Wildman–Crippen MR) is 85.2 cm³/mol. The summed E-state index contributed by atoms with van der Waals surface area (Å²) in [5.41, 5.74) is -2.40. The molecule has 1 heterocycles. The molecule has 0 amide bonds. The van der Waals surface area contributed by atoms with Gasteiger partial charge in [0.25, 0.3) is 0 Å². The minimum Gasteiger partial charge on any atom is -0.458 e. The number of ether oxygens (including phenoxy) is 2. The second kappa shape index (κ2) is 5.58. The molecule has 3 aliphatic rings. The molecule has 1 aliphatic heterocycles. The summed E-state index contributed by atoms with van der Waals surface area (Å²) in [7, 11) is 0. The number of hydrogen-bond acceptors (Lipinski definition) is 6. The molecule has 6 nitrogen and oxygen atoms in total. The zero-order valence-electron chi connectivity index (χ0n) is 13.5. The maximum atomic E-state index is 11.8. The number of rotatable bonds is 2. The molecular formula is C17H21ClO6. The van der Waals surface area contributed by atoms with E-state index in [1.54, 1.807) is 0 Å². The minimum absolute atomic E-state index is 0.0962. The number of carbonyl (C=O) groups is 2. The lowest BCUT2D eigenvalue weighted by Gasteiger charge is -2.39. The van der Waals surface area contributed by atoms with Crippen LogP contribution in [0.5, 0.6) is 0 Å². The molecule has 3 fully saturated rings. The summed E-state index contributed by atoms with van der Waals surface area (Å²) >= 11 is 6.03. The fraction of sp³-hybridized carbons (Fsp3) is 0.647. The standard InChI is InChI=1S/C17H21ClO6/c1-8-11-5-17(22)9(2)12(23-10(3)19)4-14(17)16(21,7-18)6-13(11)24-15(8)20/h11-14,21-22H,1-2,4-7H2,3H3/t11-,12+,13+,14+,16-,17-/m1/s1. The van der Waals surface area contributed by atoms with Gasteiger partial charge in [0, 0.05) is 30.8 Å². The molecule has 6 atom stereocenters. The highest BCUT2D eigenvalue weighted by atomic mass is 35.5. The topological polar surface area (TPSA) is 93.1 Å². The van der Waals surface area contributed by atoms with Crippen LogP contribution in [0.4, 0.5) is 0 Å². The maximum Gasteiger partial charge on any atom is 0.334 e. The molecule has 3 rings (SSSR count). The molecule has 132 valence electrons. The number of halogens is 1. The van der Waals surface area contributed by atoms with Gasteiger partial charge in [0.2, 0.25) is 0 Å². The Bertz CT molecular complexity index is 631. The highest BCUT2D eigenvalue weighted by molar-refractivity contribution is 6.18. The van der Waals surface area contributed by atoms with E-state index in [-0.39, 0.29) is 30.7 Å². The van der Waals surface area contributed by atoms with Crippen molar-refractivity contribution in [2.45, 2.75) is 49.6 Å². The van der Waals surface area contributed by atoms with Crippen LogP contribution in [0.25, 0.3) is 0 Å². The highest BCUT2D eigenvalue weighted by Crippen LogP contribution is 2.56. The van der Waals surface area contributed by atoms with Gasteiger partial charge in [-0.05, 0) is 18.4 Å². The zero-order valence-corrected chi connectivity index (χ0v) is 14.2. The third-order valence-electron chi connectivity index (χ3n) is 5.66. The molecule has 1 saturated heterocycles. The van der Waals surface area contributed by atoms with Crippen LogP contribution in [-0.2, 0) is 19.1 Å². The van der Waals surface area contributed by atoms with E-state index in [1.165, 1.54) is 6.92 Å². The first kappa shape index (κ1) is 17.5. The molecule has 0 aromatic heterocycles. The molecule has 7 heteroatoms. The van der Waals surface area contributed by atoms with Crippen molar-refractivity contribution < 1.29 is 29.3 Å². The van der Waals surface area contributed by atoms with Gasteiger partial charge in [-0.1, -0.05) is 13.2 Å². The Kier molecular flexibility index (Phi) is 4.06. The first-order valence-corrected chi connectivity index (χ1v) is 8.43. The average Bonchev–Trinajstić information content (AvgIpc) is 2.86. The molecule has 0 aromatic rings. The molecule has 0 bridgehead atoms. The van der Waals surface area contributed by atoms with E-state index in [1.807, 2.05) is 0 Å². The summed E-state index contributed by atoms with van der Waals surface area (Å²) in [6.45, 7) is 8.94. The Hall–Kier alpha value is -1.37. The second-order valence-electron chi connectivity index (χ2n) is 7.06. The summed E-state index contributed by atoms with van der Waals surface area (Å²) in [5, 5.41) is 22.4. The Morgan fingerprint density at radius 2 is 2.08 bits per heavy atom. The number of fused-ring (bicyclic) bond motifs is 2. The summed E-state index contributed by atoms with van der Waals surface area (Å²) in [6.07, 6.45) is -0.835. The van der Waals surface area contributed by atoms with Gasteiger partial charge in [0.05, 0.1) is 17.1 Å².